The van der Waals surface area contributed by atoms with Crippen molar-refractivity contribution in [1.29, 1.82) is 0 Å². The molecular weight excluding hydrogens is 319 g/mol. The van der Waals surface area contributed by atoms with Crippen molar-refractivity contribution in [3.63, 3.8) is 0 Å². The first kappa shape index (κ1) is 18.6. The number of benzene rings is 1. The molecule has 1 heterocycles. The Morgan fingerprint density at radius 3 is 2.43 bits per heavy atom. The molecule has 0 spiro atoms. The lowest BCUT2D eigenvalue weighted by Gasteiger charge is -2.07. The van der Waals surface area contributed by atoms with Crippen LogP contribution in [0.2, 0.25) is 0 Å². The van der Waals surface area contributed by atoms with Crippen molar-refractivity contribution in [1.82, 2.24) is 9.71 Å². The number of nitrogens with two attached hydrogens (primary N) is 1. The molecule has 0 fully saturated rings. The first-order valence-electron chi connectivity index (χ1n) is 6.95. The van der Waals surface area contributed by atoms with Gasteiger partial charge in [-0.25, -0.2) is 22.5 Å². The molecule has 0 aliphatic rings. The van der Waals surface area contributed by atoms with Gasteiger partial charge < -0.3 is 5.73 Å². The molecule has 23 heavy (non-hydrogen) atoms. The van der Waals surface area contributed by atoms with Crippen LogP contribution in [0.4, 0.5) is 4.39 Å². The third kappa shape index (κ3) is 6.03. The fourth-order valence-corrected chi connectivity index (χ4v) is 2.45. The van der Waals surface area contributed by atoms with Gasteiger partial charge in [0.1, 0.15) is 5.82 Å². The molecule has 0 saturated carbocycles. The molecule has 1 aromatic heterocycles. The van der Waals surface area contributed by atoms with Crippen LogP contribution in [0.15, 0.2) is 58.5 Å². The lowest BCUT2D eigenvalue weighted by molar-refractivity contribution is 0.591. The summed E-state index contributed by atoms with van der Waals surface area (Å²) in [7, 11) is -3.87. The molecule has 0 atom stereocenters. The highest BCUT2D eigenvalue weighted by Gasteiger charge is 2.14. The Bertz CT molecular complexity index is 732. The van der Waals surface area contributed by atoms with Crippen LogP contribution >= 0.6 is 0 Å². The highest BCUT2D eigenvalue weighted by molar-refractivity contribution is 7.90. The quantitative estimate of drug-likeness (QED) is 0.658. The van der Waals surface area contributed by atoms with Crippen LogP contribution in [0.3, 0.4) is 0 Å². The van der Waals surface area contributed by atoms with Crippen molar-refractivity contribution >= 4 is 16.0 Å². The molecule has 0 unspecified atom stereocenters. The molecule has 0 radical (unpaired) electrons. The molecule has 2 aromatic rings. The summed E-state index contributed by atoms with van der Waals surface area (Å²) in [6, 6.07) is 9.68. The van der Waals surface area contributed by atoms with E-state index in [1.807, 2.05) is 13.8 Å². The predicted molar refractivity (Wildman–Crippen MR) is 87.6 cm³/mol. The average molecular weight is 338 g/mol. The van der Waals surface area contributed by atoms with E-state index in [4.69, 9.17) is 5.73 Å². The molecule has 1 aromatic carbocycles. The molecule has 0 amide bonds. The summed E-state index contributed by atoms with van der Waals surface area (Å²) in [5, 5.41) is 0. The monoisotopic (exact) mass is 338 g/mol. The van der Waals surface area contributed by atoms with Crippen LogP contribution in [0, 0.1) is 5.82 Å². The van der Waals surface area contributed by atoms with Gasteiger partial charge in [0.15, 0.2) is 0 Å². The molecule has 0 saturated heterocycles. The second-order valence-corrected chi connectivity index (χ2v) is 5.76. The zero-order valence-corrected chi connectivity index (χ0v) is 13.7. The van der Waals surface area contributed by atoms with E-state index in [-0.39, 0.29) is 17.4 Å². The number of nitrogens with one attached hydrogen (secondary N) is 1. The summed E-state index contributed by atoms with van der Waals surface area (Å²) in [4.78, 5) is 7.83. The highest BCUT2D eigenvalue weighted by atomic mass is 32.2. The number of guanidine groups is 1. The van der Waals surface area contributed by atoms with Gasteiger partial charge in [-0.15, -0.1) is 0 Å². The maximum absolute atomic E-state index is 12.8. The van der Waals surface area contributed by atoms with Crippen molar-refractivity contribution in [2.45, 2.75) is 25.3 Å². The minimum absolute atomic E-state index is 0.0973. The second-order valence-electron chi connectivity index (χ2n) is 4.08. The van der Waals surface area contributed by atoms with Crippen LogP contribution in [-0.4, -0.2) is 19.4 Å². The fourth-order valence-electron chi connectivity index (χ4n) is 1.50. The first-order valence-corrected chi connectivity index (χ1v) is 8.44. The Morgan fingerprint density at radius 1 is 1.22 bits per heavy atom. The number of rotatable bonds is 4. The summed E-state index contributed by atoms with van der Waals surface area (Å²) in [5.41, 5.74) is 6.19. The molecular formula is C15H19FN4O2S. The van der Waals surface area contributed by atoms with Gasteiger partial charge in [-0.05, 0) is 36.4 Å². The molecule has 3 N–H and O–H groups in total. The van der Waals surface area contributed by atoms with Crippen LogP contribution in [0.25, 0.3) is 0 Å². The fraction of sp³-hybridized carbons (Fsp3) is 0.200. The van der Waals surface area contributed by atoms with Gasteiger partial charge in [0.25, 0.3) is 10.0 Å². The van der Waals surface area contributed by atoms with Gasteiger partial charge in [0, 0.05) is 6.20 Å². The summed E-state index contributed by atoms with van der Waals surface area (Å²) in [6.45, 7) is 4.15. The second kappa shape index (κ2) is 8.84. The SMILES string of the molecule is CC.NC(=NCc1ccccn1)NS(=O)(=O)c1ccc(F)cc1. The van der Waals surface area contributed by atoms with Crippen molar-refractivity contribution in [3.05, 3.63) is 60.2 Å². The van der Waals surface area contributed by atoms with Crippen LogP contribution in [-0.2, 0) is 16.6 Å². The van der Waals surface area contributed by atoms with Gasteiger partial charge in [0.05, 0.1) is 17.1 Å². The Hall–Kier alpha value is -2.48. The smallest absolute Gasteiger partial charge is 0.264 e. The standard InChI is InChI=1S/C13H13FN4O2S.C2H6/c14-10-4-6-12(7-5-10)21(19,20)18-13(15)17-9-11-3-1-2-8-16-11;1-2/h1-8H,9H2,(H3,15,17,18);1-2H3. The topological polar surface area (TPSA) is 97.4 Å². The zero-order valence-electron chi connectivity index (χ0n) is 12.9. The van der Waals surface area contributed by atoms with E-state index in [0.29, 0.717) is 5.69 Å². The predicted octanol–water partition coefficient (Wildman–Crippen LogP) is 2.04. The van der Waals surface area contributed by atoms with E-state index in [1.165, 1.54) is 0 Å². The van der Waals surface area contributed by atoms with Crippen LogP contribution < -0.4 is 10.5 Å². The Labute approximate surface area is 135 Å². The lowest BCUT2D eigenvalue weighted by atomic mass is 10.3. The van der Waals surface area contributed by atoms with Gasteiger partial charge in [-0.2, -0.15) is 0 Å². The number of hydrogen-bond donors (Lipinski definition) is 2. The molecule has 124 valence electrons. The van der Waals surface area contributed by atoms with Gasteiger partial charge in [0.2, 0.25) is 5.96 Å². The molecule has 8 heteroatoms. The number of aromatic nitrogens is 1. The van der Waals surface area contributed by atoms with Crippen molar-refractivity contribution in [3.8, 4) is 0 Å². The molecule has 0 aliphatic heterocycles. The molecule has 0 aliphatic carbocycles. The van der Waals surface area contributed by atoms with Crippen LogP contribution in [0.5, 0.6) is 0 Å². The van der Waals surface area contributed by atoms with Crippen molar-refractivity contribution in [2.24, 2.45) is 10.7 Å². The Morgan fingerprint density at radius 2 is 1.87 bits per heavy atom. The summed E-state index contributed by atoms with van der Waals surface area (Å²) in [5.74, 6) is -0.782. The van der Waals surface area contributed by atoms with E-state index >= 15 is 0 Å². The van der Waals surface area contributed by atoms with E-state index < -0.39 is 15.8 Å². The summed E-state index contributed by atoms with van der Waals surface area (Å²) in [6.07, 6.45) is 1.60. The third-order valence-electron chi connectivity index (χ3n) is 2.50. The molecule has 0 bridgehead atoms. The Balaban J connectivity index is 0.00000127. The maximum atomic E-state index is 12.8. The number of halogens is 1. The zero-order chi connectivity index (χ0) is 17.3. The van der Waals surface area contributed by atoms with Gasteiger partial charge >= 0.3 is 0 Å². The highest BCUT2D eigenvalue weighted by Crippen LogP contribution is 2.09. The van der Waals surface area contributed by atoms with E-state index in [1.54, 1.807) is 24.4 Å². The van der Waals surface area contributed by atoms with Crippen LogP contribution in [0.1, 0.15) is 19.5 Å². The minimum atomic E-state index is -3.87. The van der Waals surface area contributed by atoms with Crippen molar-refractivity contribution in [2.75, 3.05) is 0 Å². The van der Waals surface area contributed by atoms with Crippen molar-refractivity contribution < 1.29 is 12.8 Å². The minimum Gasteiger partial charge on any atom is -0.369 e. The summed E-state index contributed by atoms with van der Waals surface area (Å²) < 4.78 is 38.8. The largest absolute Gasteiger partial charge is 0.369 e. The summed E-state index contributed by atoms with van der Waals surface area (Å²) >= 11 is 0. The molecule has 6 nitrogen and oxygen atoms in total. The average Bonchev–Trinajstić information content (AvgIpc) is 2.56. The van der Waals surface area contributed by atoms with E-state index in [2.05, 4.69) is 14.7 Å². The number of pyridine rings is 1. The number of nitrogens with zero attached hydrogens (tertiary/aromatic N) is 2. The lowest BCUT2D eigenvalue weighted by Crippen LogP contribution is -2.36. The van der Waals surface area contributed by atoms with Gasteiger partial charge in [-0.1, -0.05) is 19.9 Å². The Kier molecular flexibility index (Phi) is 7.14. The number of hydrogen-bond acceptors (Lipinski definition) is 4. The molecule has 2 rings (SSSR count). The number of aliphatic imine (C=N–C) groups is 1. The maximum Gasteiger partial charge on any atom is 0.264 e. The van der Waals surface area contributed by atoms with E-state index in [9.17, 15) is 12.8 Å². The van der Waals surface area contributed by atoms with Gasteiger partial charge in [-0.3, -0.25) is 4.98 Å². The number of sulfonamides is 1. The normalized spacial score (nSPS) is 11.3. The first-order chi connectivity index (χ1) is 11.0. The van der Waals surface area contributed by atoms with E-state index in [0.717, 1.165) is 24.3 Å². The third-order valence-corrected chi connectivity index (χ3v) is 3.87.